The number of urea groups is 1. The Hall–Kier alpha value is -3.82. The number of aromatic nitrogens is 1. The van der Waals surface area contributed by atoms with E-state index in [9.17, 15) is 31.5 Å². The summed E-state index contributed by atoms with van der Waals surface area (Å²) >= 11 is 0. The number of carbonyl (C=O) groups is 2. The first-order valence-corrected chi connectivity index (χ1v) is 13.8. The first-order chi connectivity index (χ1) is 20.8. The lowest BCUT2D eigenvalue weighted by Crippen LogP contribution is -2.51. The predicted molar refractivity (Wildman–Crippen MR) is 145 cm³/mol. The molecule has 1 saturated heterocycles. The summed E-state index contributed by atoms with van der Waals surface area (Å²) in [5, 5.41) is 7.53. The van der Waals surface area contributed by atoms with E-state index in [0.717, 1.165) is 24.4 Å². The highest BCUT2D eigenvalue weighted by atomic mass is 19.4. The van der Waals surface area contributed by atoms with E-state index in [1.165, 1.54) is 14.2 Å². The van der Waals surface area contributed by atoms with Crippen molar-refractivity contribution in [1.29, 1.82) is 0 Å². The topological polar surface area (TPSA) is 105 Å². The third-order valence-corrected chi connectivity index (χ3v) is 7.81. The van der Waals surface area contributed by atoms with Crippen molar-refractivity contribution in [3.8, 4) is 5.75 Å². The van der Waals surface area contributed by atoms with Crippen molar-refractivity contribution in [2.45, 2.75) is 56.3 Å². The molecule has 0 unspecified atom stereocenters. The maximum Gasteiger partial charge on any atom is 0.421 e. The number of rotatable bonds is 10. The maximum absolute atomic E-state index is 15.2. The molecular formula is C28H32F7N5O4. The molecule has 1 aromatic carbocycles. The summed E-state index contributed by atoms with van der Waals surface area (Å²) in [6.45, 7) is -0.604. The number of methoxy groups -OCH3 is 2. The number of carbonyl (C=O) groups excluding carboxylic acids is 2. The molecule has 44 heavy (non-hydrogen) atoms. The van der Waals surface area contributed by atoms with E-state index in [2.05, 4.69) is 20.9 Å². The van der Waals surface area contributed by atoms with E-state index < -0.39 is 89.3 Å². The van der Waals surface area contributed by atoms with Crippen LogP contribution in [0.1, 0.15) is 42.7 Å². The molecule has 16 heteroatoms. The molecule has 1 saturated carbocycles. The fraction of sp³-hybridized carbons (Fsp3) is 0.536. The van der Waals surface area contributed by atoms with Crippen LogP contribution >= 0.6 is 0 Å². The van der Waals surface area contributed by atoms with Gasteiger partial charge in [0.1, 0.15) is 34.8 Å². The van der Waals surface area contributed by atoms with Crippen LogP contribution in [0.3, 0.4) is 0 Å². The van der Waals surface area contributed by atoms with Gasteiger partial charge in [0, 0.05) is 62.0 Å². The first kappa shape index (κ1) is 33.1. The highest BCUT2D eigenvalue weighted by Gasteiger charge is 2.49. The van der Waals surface area contributed by atoms with Crippen molar-refractivity contribution in [2.24, 2.45) is 5.92 Å². The van der Waals surface area contributed by atoms with Gasteiger partial charge in [0.2, 0.25) is 6.43 Å². The molecule has 2 aliphatic rings. The average molecular weight is 636 g/mol. The van der Waals surface area contributed by atoms with Crippen molar-refractivity contribution >= 4 is 23.4 Å². The van der Waals surface area contributed by atoms with Crippen molar-refractivity contribution in [3.63, 3.8) is 0 Å². The molecule has 4 rings (SSSR count). The van der Waals surface area contributed by atoms with Gasteiger partial charge in [-0.05, 0) is 31.7 Å². The number of nitrogens with zero attached hydrogens (tertiary/aromatic N) is 2. The number of alkyl halides is 5. The molecule has 2 aromatic rings. The zero-order valence-corrected chi connectivity index (χ0v) is 23.8. The lowest BCUT2D eigenvalue weighted by molar-refractivity contribution is -0.136. The van der Waals surface area contributed by atoms with Gasteiger partial charge in [-0.1, -0.05) is 0 Å². The van der Waals surface area contributed by atoms with Crippen LogP contribution in [0.5, 0.6) is 5.75 Å². The largest absolute Gasteiger partial charge is 0.497 e. The molecule has 1 aliphatic heterocycles. The van der Waals surface area contributed by atoms with Crippen LogP contribution in [0.25, 0.3) is 0 Å². The Labute approximate surface area is 248 Å². The third kappa shape index (κ3) is 7.27. The van der Waals surface area contributed by atoms with Crippen molar-refractivity contribution in [3.05, 3.63) is 47.2 Å². The number of ether oxygens (including phenoxy) is 2. The molecule has 1 aromatic heterocycles. The molecule has 242 valence electrons. The van der Waals surface area contributed by atoms with Crippen molar-refractivity contribution in [1.82, 2.24) is 15.6 Å². The lowest BCUT2D eigenvalue weighted by atomic mass is 9.86. The van der Waals surface area contributed by atoms with Gasteiger partial charge >= 0.3 is 12.2 Å². The molecule has 0 radical (unpaired) electrons. The quantitative estimate of drug-likeness (QED) is 0.249. The summed E-state index contributed by atoms with van der Waals surface area (Å²) in [7, 11) is 2.54. The minimum absolute atomic E-state index is 0.00848. The molecule has 2 atom stereocenters. The van der Waals surface area contributed by atoms with Crippen LogP contribution in [0, 0.1) is 17.6 Å². The van der Waals surface area contributed by atoms with Gasteiger partial charge in [-0.15, -0.1) is 0 Å². The Bertz CT molecular complexity index is 1310. The first-order valence-electron chi connectivity index (χ1n) is 13.8. The van der Waals surface area contributed by atoms with E-state index >= 15 is 8.78 Å². The zero-order chi connectivity index (χ0) is 32.2. The molecule has 1 aliphatic carbocycles. The second kappa shape index (κ2) is 13.9. The van der Waals surface area contributed by atoms with Gasteiger partial charge in [-0.2, -0.15) is 13.2 Å². The summed E-state index contributed by atoms with van der Waals surface area (Å²) in [5.41, 5.74) is -2.34. The van der Waals surface area contributed by atoms with E-state index in [4.69, 9.17) is 9.47 Å². The Kier molecular flexibility index (Phi) is 10.4. The maximum atomic E-state index is 15.2. The molecule has 2 fully saturated rings. The van der Waals surface area contributed by atoms with E-state index in [1.807, 2.05) is 0 Å². The summed E-state index contributed by atoms with van der Waals surface area (Å²) in [6, 6.07) is -0.400. The predicted octanol–water partition coefficient (Wildman–Crippen LogP) is 5.07. The third-order valence-electron chi connectivity index (χ3n) is 7.81. The second-order valence-electron chi connectivity index (χ2n) is 10.6. The van der Waals surface area contributed by atoms with Gasteiger partial charge < -0.3 is 25.4 Å². The number of benzene rings is 1. The Morgan fingerprint density at radius 2 is 1.75 bits per heavy atom. The van der Waals surface area contributed by atoms with Gasteiger partial charge in [0.25, 0.3) is 5.91 Å². The number of halogens is 7. The van der Waals surface area contributed by atoms with Crippen LogP contribution in [0.4, 0.5) is 47.0 Å². The normalized spacial score (nSPS) is 22.3. The minimum Gasteiger partial charge on any atom is -0.497 e. The summed E-state index contributed by atoms with van der Waals surface area (Å²) in [5.74, 6) is -6.66. The molecule has 0 spiro atoms. The number of amides is 3. The van der Waals surface area contributed by atoms with E-state index in [0.29, 0.717) is 4.90 Å². The Morgan fingerprint density at radius 1 is 1.09 bits per heavy atom. The summed E-state index contributed by atoms with van der Waals surface area (Å²) in [6.07, 6.45) is -5.68. The average Bonchev–Trinajstić information content (AvgIpc) is 3.27. The second-order valence-corrected chi connectivity index (χ2v) is 10.6. The standard InChI is InChI=1S/C28H32F7N5O4/c1-43-10-9-36-20-7-8-37-25(22(20)28(33,34)35)40-13-17(21-18(29)11-16(44-2)12-19(21)30)23(26(40)41)39-27(42)38-15-5-3-14(4-6-15)24(31)32/h7-8,11-12,14-15,17,23-24H,3-6,9-10,13H2,1-2H3,(H,36,37)(H2,38,39,42)/t14?,15?,17-,23-/m0/s1. The van der Waals surface area contributed by atoms with Crippen LogP contribution in [-0.2, 0) is 15.7 Å². The number of nitrogens with one attached hydrogen (secondary N) is 3. The van der Waals surface area contributed by atoms with Crippen molar-refractivity contribution in [2.75, 3.05) is 44.1 Å². The highest BCUT2D eigenvalue weighted by Crippen LogP contribution is 2.44. The van der Waals surface area contributed by atoms with Gasteiger partial charge in [-0.25, -0.2) is 27.3 Å². The number of hydrogen-bond acceptors (Lipinski definition) is 6. The fourth-order valence-corrected chi connectivity index (χ4v) is 5.63. The van der Waals surface area contributed by atoms with Crippen LogP contribution < -0.4 is 25.6 Å². The summed E-state index contributed by atoms with van der Waals surface area (Å²) in [4.78, 5) is 31.1. The molecule has 9 nitrogen and oxygen atoms in total. The molecule has 2 heterocycles. The Balaban J connectivity index is 1.68. The molecule has 3 N–H and O–H groups in total. The van der Waals surface area contributed by atoms with Gasteiger partial charge in [0.05, 0.1) is 19.4 Å². The van der Waals surface area contributed by atoms with Crippen molar-refractivity contribution < 1.29 is 49.8 Å². The molecular weight excluding hydrogens is 603 g/mol. The number of hydrogen-bond donors (Lipinski definition) is 3. The van der Waals surface area contributed by atoms with E-state index in [-0.39, 0.29) is 44.6 Å². The van der Waals surface area contributed by atoms with Gasteiger partial charge in [-0.3, -0.25) is 9.69 Å². The monoisotopic (exact) mass is 635 g/mol. The van der Waals surface area contributed by atoms with Crippen LogP contribution in [0.2, 0.25) is 0 Å². The van der Waals surface area contributed by atoms with Gasteiger partial charge in [0.15, 0.2) is 0 Å². The zero-order valence-electron chi connectivity index (χ0n) is 23.8. The van der Waals surface area contributed by atoms with E-state index in [1.54, 1.807) is 0 Å². The fourth-order valence-electron chi connectivity index (χ4n) is 5.63. The highest BCUT2D eigenvalue weighted by molar-refractivity contribution is 6.03. The molecule has 0 bridgehead atoms. The Morgan fingerprint density at radius 3 is 2.32 bits per heavy atom. The smallest absolute Gasteiger partial charge is 0.421 e. The van der Waals surface area contributed by atoms with Crippen LogP contribution in [-0.4, -0.2) is 69.3 Å². The van der Waals surface area contributed by atoms with Crippen LogP contribution in [0.15, 0.2) is 24.4 Å². The lowest BCUT2D eigenvalue weighted by Gasteiger charge is -2.29. The molecule has 3 amide bonds. The summed E-state index contributed by atoms with van der Waals surface area (Å²) < 4.78 is 109. The number of anilines is 2. The SMILES string of the molecule is COCCNc1ccnc(N2C[C@@H](c3c(F)cc(OC)cc3F)[C@H](NC(=O)NC3CCC(C(F)F)CC3)C2=O)c1C(F)(F)F. The number of pyridine rings is 1. The minimum atomic E-state index is -5.01.